The minimum atomic E-state index is 0.301. The Morgan fingerprint density at radius 1 is 1.12 bits per heavy atom. The molecule has 0 spiro atoms. The lowest BCUT2D eigenvalue weighted by molar-refractivity contribution is 0.415. The van der Waals surface area contributed by atoms with Crippen LogP contribution in [-0.2, 0) is 6.42 Å². The summed E-state index contributed by atoms with van der Waals surface area (Å²) in [4.78, 5) is 0. The van der Waals surface area contributed by atoms with Gasteiger partial charge in [-0.25, -0.2) is 0 Å². The molecule has 0 atom stereocenters. The van der Waals surface area contributed by atoms with Crippen molar-refractivity contribution in [3.63, 3.8) is 0 Å². The van der Waals surface area contributed by atoms with Crippen LogP contribution < -0.4 is 4.74 Å². The van der Waals surface area contributed by atoms with Crippen molar-refractivity contribution < 1.29 is 9.84 Å². The first-order valence-corrected chi connectivity index (χ1v) is 5.71. The number of aromatic hydroxyl groups is 1. The fourth-order valence-electron chi connectivity index (χ4n) is 1.82. The standard InChI is InChI=1S/C15H16O2/c1-3-11-7-8-15(16)14(9-11)12-5-4-6-13(10-12)17-2/h4-10,16H,3H2,1-2H3. The van der Waals surface area contributed by atoms with Gasteiger partial charge in [0.1, 0.15) is 11.5 Å². The van der Waals surface area contributed by atoms with Crippen LogP contribution in [0.15, 0.2) is 42.5 Å². The largest absolute Gasteiger partial charge is 0.507 e. The highest BCUT2D eigenvalue weighted by Gasteiger charge is 2.06. The summed E-state index contributed by atoms with van der Waals surface area (Å²) in [7, 11) is 1.64. The molecular weight excluding hydrogens is 212 g/mol. The third-order valence-electron chi connectivity index (χ3n) is 2.85. The monoisotopic (exact) mass is 228 g/mol. The molecule has 2 heteroatoms. The van der Waals surface area contributed by atoms with E-state index in [1.54, 1.807) is 13.2 Å². The van der Waals surface area contributed by atoms with Gasteiger partial charge >= 0.3 is 0 Å². The SMILES string of the molecule is CCc1ccc(O)c(-c2cccc(OC)c2)c1. The molecule has 0 unspecified atom stereocenters. The van der Waals surface area contributed by atoms with Gasteiger partial charge in [0, 0.05) is 5.56 Å². The van der Waals surface area contributed by atoms with E-state index in [4.69, 9.17) is 4.74 Å². The average Bonchev–Trinajstić information content (AvgIpc) is 2.39. The van der Waals surface area contributed by atoms with E-state index in [9.17, 15) is 5.11 Å². The number of benzene rings is 2. The molecule has 0 amide bonds. The fourth-order valence-corrected chi connectivity index (χ4v) is 1.82. The molecule has 2 nitrogen and oxygen atoms in total. The van der Waals surface area contributed by atoms with Gasteiger partial charge in [-0.05, 0) is 41.8 Å². The Kier molecular flexibility index (Phi) is 3.33. The van der Waals surface area contributed by atoms with Gasteiger partial charge in [0.25, 0.3) is 0 Å². The van der Waals surface area contributed by atoms with Crippen molar-refractivity contribution >= 4 is 0 Å². The maximum atomic E-state index is 9.91. The van der Waals surface area contributed by atoms with Gasteiger partial charge in [0.2, 0.25) is 0 Å². The molecule has 2 rings (SSSR count). The van der Waals surface area contributed by atoms with Gasteiger partial charge in [-0.2, -0.15) is 0 Å². The van der Waals surface area contributed by atoms with Crippen molar-refractivity contribution in [2.24, 2.45) is 0 Å². The molecule has 0 aromatic heterocycles. The van der Waals surface area contributed by atoms with E-state index >= 15 is 0 Å². The summed E-state index contributed by atoms with van der Waals surface area (Å²) in [6, 6.07) is 13.4. The highest BCUT2D eigenvalue weighted by molar-refractivity contribution is 5.71. The molecular formula is C15H16O2. The summed E-state index contributed by atoms with van der Waals surface area (Å²) in [5.41, 5.74) is 3.03. The van der Waals surface area contributed by atoms with Crippen molar-refractivity contribution in [1.29, 1.82) is 0 Å². The molecule has 1 N–H and O–H groups in total. The summed E-state index contributed by atoms with van der Waals surface area (Å²) in [5, 5.41) is 9.91. The summed E-state index contributed by atoms with van der Waals surface area (Å²) in [5.74, 6) is 1.10. The van der Waals surface area contributed by atoms with Crippen LogP contribution in [0.25, 0.3) is 11.1 Å². The summed E-state index contributed by atoms with van der Waals surface area (Å²) < 4.78 is 5.19. The van der Waals surface area contributed by atoms with Crippen molar-refractivity contribution in [3.05, 3.63) is 48.0 Å². The normalized spacial score (nSPS) is 10.2. The third-order valence-corrected chi connectivity index (χ3v) is 2.85. The molecule has 0 heterocycles. The lowest BCUT2D eigenvalue weighted by atomic mass is 10.0. The molecule has 17 heavy (non-hydrogen) atoms. The van der Waals surface area contributed by atoms with E-state index in [1.807, 2.05) is 36.4 Å². The number of phenols is 1. The molecule has 2 aromatic rings. The molecule has 0 saturated heterocycles. The number of ether oxygens (including phenoxy) is 1. The smallest absolute Gasteiger partial charge is 0.123 e. The first kappa shape index (κ1) is 11.5. The Morgan fingerprint density at radius 2 is 1.94 bits per heavy atom. The van der Waals surface area contributed by atoms with E-state index in [0.29, 0.717) is 5.75 Å². The zero-order valence-electron chi connectivity index (χ0n) is 10.1. The summed E-state index contributed by atoms with van der Waals surface area (Å²) >= 11 is 0. The zero-order chi connectivity index (χ0) is 12.3. The Balaban J connectivity index is 2.50. The van der Waals surface area contributed by atoms with Crippen LogP contribution in [0.5, 0.6) is 11.5 Å². The van der Waals surface area contributed by atoms with E-state index < -0.39 is 0 Å². The van der Waals surface area contributed by atoms with Crippen LogP contribution in [0, 0.1) is 0 Å². The zero-order valence-corrected chi connectivity index (χ0v) is 10.1. The van der Waals surface area contributed by atoms with Crippen LogP contribution in [0.3, 0.4) is 0 Å². The lowest BCUT2D eigenvalue weighted by Gasteiger charge is -2.08. The van der Waals surface area contributed by atoms with Crippen LogP contribution >= 0.6 is 0 Å². The Bertz CT molecular complexity index is 518. The third kappa shape index (κ3) is 2.41. The van der Waals surface area contributed by atoms with Crippen molar-refractivity contribution in [3.8, 4) is 22.6 Å². The Labute approximate surface area is 101 Å². The van der Waals surface area contributed by atoms with E-state index in [2.05, 4.69) is 6.92 Å². The second-order valence-corrected chi connectivity index (χ2v) is 3.94. The van der Waals surface area contributed by atoms with Crippen molar-refractivity contribution in [2.75, 3.05) is 7.11 Å². The first-order valence-electron chi connectivity index (χ1n) is 5.71. The summed E-state index contributed by atoms with van der Waals surface area (Å²) in [6.45, 7) is 2.10. The minimum absolute atomic E-state index is 0.301. The predicted octanol–water partition coefficient (Wildman–Crippen LogP) is 3.63. The summed E-state index contributed by atoms with van der Waals surface area (Å²) in [6.07, 6.45) is 0.956. The van der Waals surface area contributed by atoms with Gasteiger partial charge in [-0.1, -0.05) is 25.1 Å². The van der Waals surface area contributed by atoms with Crippen molar-refractivity contribution in [2.45, 2.75) is 13.3 Å². The van der Waals surface area contributed by atoms with Gasteiger partial charge < -0.3 is 9.84 Å². The Morgan fingerprint density at radius 3 is 2.65 bits per heavy atom. The minimum Gasteiger partial charge on any atom is -0.507 e. The highest BCUT2D eigenvalue weighted by atomic mass is 16.5. The van der Waals surface area contributed by atoms with Gasteiger partial charge in [-0.15, -0.1) is 0 Å². The van der Waals surface area contributed by atoms with Crippen LogP contribution in [0.1, 0.15) is 12.5 Å². The van der Waals surface area contributed by atoms with E-state index in [0.717, 1.165) is 23.3 Å². The van der Waals surface area contributed by atoms with Crippen LogP contribution in [0.2, 0.25) is 0 Å². The quantitative estimate of drug-likeness (QED) is 0.869. The van der Waals surface area contributed by atoms with Crippen LogP contribution in [-0.4, -0.2) is 12.2 Å². The number of hydrogen-bond acceptors (Lipinski definition) is 2. The van der Waals surface area contributed by atoms with E-state index in [-0.39, 0.29) is 0 Å². The van der Waals surface area contributed by atoms with Gasteiger partial charge in [0.05, 0.1) is 7.11 Å². The maximum Gasteiger partial charge on any atom is 0.123 e. The fraction of sp³-hybridized carbons (Fsp3) is 0.200. The lowest BCUT2D eigenvalue weighted by Crippen LogP contribution is -1.86. The maximum absolute atomic E-state index is 9.91. The molecule has 0 bridgehead atoms. The highest BCUT2D eigenvalue weighted by Crippen LogP contribution is 2.32. The number of aryl methyl sites for hydroxylation is 1. The number of hydrogen-bond donors (Lipinski definition) is 1. The van der Waals surface area contributed by atoms with E-state index in [1.165, 1.54) is 5.56 Å². The molecule has 88 valence electrons. The van der Waals surface area contributed by atoms with Gasteiger partial charge in [-0.3, -0.25) is 0 Å². The second kappa shape index (κ2) is 4.91. The molecule has 0 saturated carbocycles. The molecule has 2 aromatic carbocycles. The predicted molar refractivity (Wildman–Crippen MR) is 69.5 cm³/mol. The molecule has 0 fully saturated rings. The number of rotatable bonds is 3. The Hall–Kier alpha value is -1.96. The topological polar surface area (TPSA) is 29.5 Å². The molecule has 0 aliphatic heterocycles. The average molecular weight is 228 g/mol. The second-order valence-electron chi connectivity index (χ2n) is 3.94. The number of phenolic OH excluding ortho intramolecular Hbond substituents is 1. The number of methoxy groups -OCH3 is 1. The first-order chi connectivity index (χ1) is 8.24. The molecule has 0 aliphatic carbocycles. The van der Waals surface area contributed by atoms with Crippen LogP contribution in [0.4, 0.5) is 0 Å². The van der Waals surface area contributed by atoms with Gasteiger partial charge in [0.15, 0.2) is 0 Å². The van der Waals surface area contributed by atoms with Crippen molar-refractivity contribution in [1.82, 2.24) is 0 Å². The molecule has 0 aliphatic rings. The molecule has 0 radical (unpaired) electrons.